The number of anilines is 1. The molecule has 0 radical (unpaired) electrons. The van der Waals surface area contributed by atoms with Gasteiger partial charge < -0.3 is 15.1 Å². The van der Waals surface area contributed by atoms with E-state index in [1.807, 2.05) is 18.3 Å². The minimum Gasteiger partial charge on any atom is -0.356 e. The Balaban J connectivity index is 1.57. The van der Waals surface area contributed by atoms with Gasteiger partial charge in [0.1, 0.15) is 5.82 Å². The normalized spacial score (nSPS) is 18.7. The van der Waals surface area contributed by atoms with Gasteiger partial charge in [0.15, 0.2) is 0 Å². The summed E-state index contributed by atoms with van der Waals surface area (Å²) in [6.07, 6.45) is 10.6. The van der Waals surface area contributed by atoms with Crippen molar-refractivity contribution >= 4 is 17.6 Å². The van der Waals surface area contributed by atoms with Gasteiger partial charge in [0.2, 0.25) is 11.8 Å². The standard InChI is InChI=1S/C20H30N4O2/c1-23(17-9-3-2-4-10-17)20-16(8-7-12-21-20)14-22-18(25)15-24-13-6-5-11-19(24)26/h7-8,12,17H,2-6,9-11,13-15H2,1H3,(H,22,25). The average Bonchev–Trinajstić information content (AvgIpc) is 2.68. The van der Waals surface area contributed by atoms with Crippen LogP contribution in [0.2, 0.25) is 0 Å². The molecule has 3 rings (SSSR count). The van der Waals surface area contributed by atoms with Crippen molar-refractivity contribution in [2.24, 2.45) is 0 Å². The fraction of sp³-hybridized carbons (Fsp3) is 0.650. The van der Waals surface area contributed by atoms with Crippen LogP contribution in [0.4, 0.5) is 5.82 Å². The number of piperidine rings is 1. The first-order valence-electron chi connectivity index (χ1n) is 9.86. The van der Waals surface area contributed by atoms with Crippen LogP contribution in [0.15, 0.2) is 18.3 Å². The summed E-state index contributed by atoms with van der Waals surface area (Å²) >= 11 is 0. The van der Waals surface area contributed by atoms with Gasteiger partial charge in [-0.05, 0) is 31.7 Å². The zero-order valence-corrected chi connectivity index (χ0v) is 15.7. The van der Waals surface area contributed by atoms with E-state index in [9.17, 15) is 9.59 Å². The molecule has 2 amide bonds. The molecule has 2 heterocycles. The van der Waals surface area contributed by atoms with Crippen LogP contribution in [-0.2, 0) is 16.1 Å². The number of aromatic nitrogens is 1. The molecule has 0 atom stereocenters. The van der Waals surface area contributed by atoms with Crippen molar-refractivity contribution in [3.05, 3.63) is 23.9 Å². The fourth-order valence-corrected chi connectivity index (χ4v) is 3.98. The third-order valence-corrected chi connectivity index (χ3v) is 5.56. The van der Waals surface area contributed by atoms with E-state index in [-0.39, 0.29) is 18.4 Å². The van der Waals surface area contributed by atoms with Crippen molar-refractivity contribution in [2.75, 3.05) is 25.0 Å². The number of rotatable bonds is 6. The average molecular weight is 358 g/mol. The summed E-state index contributed by atoms with van der Waals surface area (Å²) in [6.45, 7) is 1.29. The van der Waals surface area contributed by atoms with Gasteiger partial charge in [-0.3, -0.25) is 9.59 Å². The molecule has 26 heavy (non-hydrogen) atoms. The molecular formula is C20H30N4O2. The van der Waals surface area contributed by atoms with Crippen molar-refractivity contribution in [2.45, 2.75) is 64.0 Å². The van der Waals surface area contributed by atoms with Crippen molar-refractivity contribution in [3.8, 4) is 0 Å². The smallest absolute Gasteiger partial charge is 0.239 e. The summed E-state index contributed by atoms with van der Waals surface area (Å²) in [5.41, 5.74) is 1.03. The predicted molar refractivity (Wildman–Crippen MR) is 102 cm³/mol. The molecule has 1 aromatic rings. The Kier molecular flexibility index (Phi) is 6.47. The van der Waals surface area contributed by atoms with Crippen molar-refractivity contribution in [3.63, 3.8) is 0 Å². The Hall–Kier alpha value is -2.11. The summed E-state index contributed by atoms with van der Waals surface area (Å²) in [7, 11) is 2.11. The van der Waals surface area contributed by atoms with Gasteiger partial charge in [-0.25, -0.2) is 4.98 Å². The van der Waals surface area contributed by atoms with E-state index in [0.717, 1.165) is 24.2 Å². The molecule has 142 valence electrons. The van der Waals surface area contributed by atoms with Gasteiger partial charge in [0.05, 0.1) is 6.54 Å². The van der Waals surface area contributed by atoms with E-state index >= 15 is 0 Å². The zero-order chi connectivity index (χ0) is 18.4. The van der Waals surface area contributed by atoms with Crippen LogP contribution in [0.3, 0.4) is 0 Å². The summed E-state index contributed by atoms with van der Waals surface area (Å²) < 4.78 is 0. The van der Waals surface area contributed by atoms with Gasteiger partial charge in [0.25, 0.3) is 0 Å². The number of carbonyl (C=O) groups excluding carboxylic acids is 2. The van der Waals surface area contributed by atoms with Crippen LogP contribution in [0.1, 0.15) is 56.9 Å². The number of likely N-dealkylation sites (tertiary alicyclic amines) is 1. The Labute approximate surface area is 156 Å². The minimum absolute atomic E-state index is 0.0884. The van der Waals surface area contributed by atoms with Gasteiger partial charge in [-0.15, -0.1) is 0 Å². The van der Waals surface area contributed by atoms with E-state index in [2.05, 4.69) is 22.2 Å². The number of nitrogens with zero attached hydrogens (tertiary/aromatic N) is 3. The molecule has 6 heteroatoms. The minimum atomic E-state index is -0.102. The van der Waals surface area contributed by atoms with E-state index in [4.69, 9.17) is 0 Å². The Bertz CT molecular complexity index is 628. The van der Waals surface area contributed by atoms with E-state index in [0.29, 0.717) is 25.6 Å². The molecule has 0 bridgehead atoms. The lowest BCUT2D eigenvalue weighted by Crippen LogP contribution is -2.43. The van der Waals surface area contributed by atoms with Crippen LogP contribution in [0, 0.1) is 0 Å². The monoisotopic (exact) mass is 358 g/mol. The summed E-state index contributed by atoms with van der Waals surface area (Å²) in [6, 6.07) is 4.46. The molecule has 1 N–H and O–H groups in total. The molecular weight excluding hydrogens is 328 g/mol. The van der Waals surface area contributed by atoms with Crippen LogP contribution < -0.4 is 10.2 Å². The van der Waals surface area contributed by atoms with Gasteiger partial charge in [-0.1, -0.05) is 25.3 Å². The maximum absolute atomic E-state index is 12.3. The van der Waals surface area contributed by atoms with Crippen LogP contribution in [0.5, 0.6) is 0 Å². The molecule has 1 aliphatic carbocycles. The third kappa shape index (κ3) is 4.74. The Morgan fingerprint density at radius 1 is 1.27 bits per heavy atom. The van der Waals surface area contributed by atoms with Gasteiger partial charge >= 0.3 is 0 Å². The predicted octanol–water partition coefficient (Wildman–Crippen LogP) is 2.48. The maximum Gasteiger partial charge on any atom is 0.239 e. The first kappa shape index (κ1) is 18.7. The highest BCUT2D eigenvalue weighted by Crippen LogP contribution is 2.26. The summed E-state index contributed by atoms with van der Waals surface area (Å²) in [4.78, 5) is 32.6. The third-order valence-electron chi connectivity index (χ3n) is 5.56. The number of hydrogen-bond donors (Lipinski definition) is 1. The Morgan fingerprint density at radius 3 is 2.85 bits per heavy atom. The van der Waals surface area contributed by atoms with Crippen LogP contribution in [0.25, 0.3) is 0 Å². The van der Waals surface area contributed by atoms with Crippen molar-refractivity contribution in [1.82, 2.24) is 15.2 Å². The molecule has 1 aromatic heterocycles. The lowest BCUT2D eigenvalue weighted by molar-refractivity contribution is -0.137. The molecule has 1 saturated carbocycles. The second-order valence-corrected chi connectivity index (χ2v) is 7.44. The second-order valence-electron chi connectivity index (χ2n) is 7.44. The summed E-state index contributed by atoms with van der Waals surface area (Å²) in [5.74, 6) is 0.939. The molecule has 1 saturated heterocycles. The zero-order valence-electron chi connectivity index (χ0n) is 15.7. The van der Waals surface area contributed by atoms with E-state index in [1.54, 1.807) is 4.90 Å². The topological polar surface area (TPSA) is 65.5 Å². The largest absolute Gasteiger partial charge is 0.356 e. The molecule has 0 spiro atoms. The van der Waals surface area contributed by atoms with Gasteiger partial charge in [-0.2, -0.15) is 0 Å². The van der Waals surface area contributed by atoms with Crippen molar-refractivity contribution < 1.29 is 9.59 Å². The highest BCUT2D eigenvalue weighted by atomic mass is 16.2. The van der Waals surface area contributed by atoms with Crippen LogP contribution in [-0.4, -0.2) is 47.9 Å². The fourth-order valence-electron chi connectivity index (χ4n) is 3.98. The maximum atomic E-state index is 12.3. The number of nitrogens with one attached hydrogen (secondary N) is 1. The lowest BCUT2D eigenvalue weighted by Gasteiger charge is -2.33. The van der Waals surface area contributed by atoms with Gasteiger partial charge in [0, 0.05) is 44.4 Å². The quantitative estimate of drug-likeness (QED) is 0.848. The highest BCUT2D eigenvalue weighted by Gasteiger charge is 2.22. The summed E-state index contributed by atoms with van der Waals surface area (Å²) in [5, 5.41) is 2.97. The molecule has 1 aliphatic heterocycles. The lowest BCUT2D eigenvalue weighted by atomic mass is 9.94. The number of hydrogen-bond acceptors (Lipinski definition) is 4. The SMILES string of the molecule is CN(c1ncccc1CNC(=O)CN1CCCCC1=O)C1CCCCC1. The molecule has 0 aromatic carbocycles. The first-order chi connectivity index (χ1) is 12.6. The molecule has 2 fully saturated rings. The molecule has 0 unspecified atom stereocenters. The number of pyridine rings is 1. The van der Waals surface area contributed by atoms with E-state index < -0.39 is 0 Å². The second kappa shape index (κ2) is 9.01. The Morgan fingerprint density at radius 2 is 2.08 bits per heavy atom. The number of carbonyl (C=O) groups is 2. The van der Waals surface area contributed by atoms with E-state index in [1.165, 1.54) is 32.1 Å². The van der Waals surface area contributed by atoms with Crippen molar-refractivity contribution in [1.29, 1.82) is 0 Å². The molecule has 2 aliphatic rings. The molecule has 6 nitrogen and oxygen atoms in total. The first-order valence-corrected chi connectivity index (χ1v) is 9.86. The highest BCUT2D eigenvalue weighted by molar-refractivity contribution is 5.85. The number of amides is 2. The van der Waals surface area contributed by atoms with Crippen LogP contribution >= 0.6 is 0 Å².